The largest absolute Gasteiger partial charge is 0.343 e. The summed E-state index contributed by atoms with van der Waals surface area (Å²) in [6.45, 7) is 16.5. The van der Waals surface area contributed by atoms with Gasteiger partial charge in [-0.15, -0.1) is 0 Å². The summed E-state index contributed by atoms with van der Waals surface area (Å²) >= 11 is 0. The van der Waals surface area contributed by atoms with Gasteiger partial charge in [0.25, 0.3) is 0 Å². The molecule has 0 spiro atoms. The van der Waals surface area contributed by atoms with E-state index in [9.17, 15) is 33.6 Å². The summed E-state index contributed by atoms with van der Waals surface area (Å²) in [5, 5.41) is 9.85. The quantitative estimate of drug-likeness (QED) is 0.162. The van der Waals surface area contributed by atoms with E-state index in [4.69, 9.17) is 0 Å². The van der Waals surface area contributed by atoms with Crippen LogP contribution in [-0.2, 0) is 28.8 Å². The van der Waals surface area contributed by atoms with Gasteiger partial charge in [0, 0.05) is 34.6 Å². The highest BCUT2D eigenvalue weighted by Gasteiger charge is 2.39. The van der Waals surface area contributed by atoms with E-state index in [1.807, 2.05) is 41.5 Å². The van der Waals surface area contributed by atoms with E-state index < -0.39 is 59.9 Å². The second-order valence-electron chi connectivity index (χ2n) is 13.8. The standard InChI is InChI=1S/C34H63N7O7/c1-14-16-24(39(11)27(42)17-15-2)32(46)40(12)26(19-21(5)6)31(45)37-28(22(7)8)33(47)41(13)25(18-20(3)4)30(44)36-23(9)29(43)38-34(48)35-10/h20-26,28H,14-19H2,1-13H3,(H,36,44)(H,37,45)(H2,35,38,43,48)/t23-,24-,25+,26+,28+/m1/s1. The van der Waals surface area contributed by atoms with Crippen LogP contribution in [0.25, 0.3) is 0 Å². The molecule has 0 rings (SSSR count). The maximum atomic E-state index is 14.0. The summed E-state index contributed by atoms with van der Waals surface area (Å²) in [6, 6.07) is -5.44. The minimum Gasteiger partial charge on any atom is -0.343 e. The van der Waals surface area contributed by atoms with Crippen molar-refractivity contribution in [3.05, 3.63) is 0 Å². The number of urea groups is 1. The number of nitrogens with one attached hydrogen (secondary N) is 4. The summed E-state index contributed by atoms with van der Waals surface area (Å²) in [5.41, 5.74) is 0. The first-order valence-electron chi connectivity index (χ1n) is 17.2. The smallest absolute Gasteiger partial charge is 0.321 e. The highest BCUT2D eigenvalue weighted by atomic mass is 16.2. The number of hydrogen-bond donors (Lipinski definition) is 4. The molecule has 0 radical (unpaired) electrons. The van der Waals surface area contributed by atoms with E-state index in [0.29, 0.717) is 32.1 Å². The van der Waals surface area contributed by atoms with Crippen molar-refractivity contribution in [1.82, 2.24) is 36.0 Å². The van der Waals surface area contributed by atoms with Crippen LogP contribution in [0.2, 0.25) is 0 Å². The molecule has 14 nitrogen and oxygen atoms in total. The fourth-order valence-corrected chi connectivity index (χ4v) is 5.28. The molecule has 14 heteroatoms. The van der Waals surface area contributed by atoms with Crippen molar-refractivity contribution in [3.8, 4) is 0 Å². The molecule has 0 aromatic carbocycles. The van der Waals surface area contributed by atoms with Gasteiger partial charge in [0.2, 0.25) is 35.4 Å². The lowest BCUT2D eigenvalue weighted by molar-refractivity contribution is -0.149. The van der Waals surface area contributed by atoms with Crippen LogP contribution in [0.1, 0.15) is 101 Å². The average molecular weight is 682 g/mol. The van der Waals surface area contributed by atoms with Crippen molar-refractivity contribution in [2.24, 2.45) is 17.8 Å². The molecule has 0 aromatic rings. The van der Waals surface area contributed by atoms with E-state index in [1.54, 1.807) is 27.9 Å². The summed E-state index contributed by atoms with van der Waals surface area (Å²) < 4.78 is 0. The second-order valence-corrected chi connectivity index (χ2v) is 13.8. The van der Waals surface area contributed by atoms with Crippen LogP contribution in [0.3, 0.4) is 0 Å². The number of nitrogens with zero attached hydrogens (tertiary/aromatic N) is 3. The molecule has 0 fully saturated rings. The first-order valence-corrected chi connectivity index (χ1v) is 17.2. The lowest BCUT2D eigenvalue weighted by Gasteiger charge is -2.37. The van der Waals surface area contributed by atoms with Crippen LogP contribution in [0, 0.1) is 17.8 Å². The predicted octanol–water partition coefficient (Wildman–Crippen LogP) is 2.26. The van der Waals surface area contributed by atoms with Gasteiger partial charge in [-0.2, -0.15) is 0 Å². The topological polar surface area (TPSA) is 177 Å². The lowest BCUT2D eigenvalue weighted by atomic mass is 9.96. The third-order valence-corrected chi connectivity index (χ3v) is 8.24. The molecule has 0 aromatic heterocycles. The lowest BCUT2D eigenvalue weighted by Crippen LogP contribution is -2.60. The maximum absolute atomic E-state index is 14.0. The van der Waals surface area contributed by atoms with Crippen molar-refractivity contribution in [2.75, 3.05) is 28.2 Å². The third kappa shape index (κ3) is 13.8. The molecule has 0 aliphatic heterocycles. The number of likely N-dealkylation sites (N-methyl/N-ethyl adjacent to an activating group) is 3. The van der Waals surface area contributed by atoms with Crippen LogP contribution in [0.5, 0.6) is 0 Å². The van der Waals surface area contributed by atoms with Crippen molar-refractivity contribution >= 4 is 41.5 Å². The van der Waals surface area contributed by atoms with Gasteiger partial charge in [-0.25, -0.2) is 4.79 Å². The van der Waals surface area contributed by atoms with Gasteiger partial charge < -0.3 is 30.7 Å². The maximum Gasteiger partial charge on any atom is 0.321 e. The summed E-state index contributed by atoms with van der Waals surface area (Å²) in [4.78, 5) is 96.0. The third-order valence-electron chi connectivity index (χ3n) is 8.24. The molecule has 0 unspecified atom stereocenters. The summed E-state index contributed by atoms with van der Waals surface area (Å²) in [6.07, 6.45) is 2.65. The van der Waals surface area contributed by atoms with Crippen molar-refractivity contribution < 1.29 is 33.6 Å². The molecule has 8 amide bonds. The van der Waals surface area contributed by atoms with Gasteiger partial charge in [0.1, 0.15) is 30.2 Å². The van der Waals surface area contributed by atoms with E-state index in [2.05, 4.69) is 21.3 Å². The SMILES string of the molecule is CCCC(=O)N(C)[C@H](CCC)C(=O)N(C)[C@@H](CC(C)C)C(=O)N[C@H](C(=O)N(C)[C@@H](CC(C)C)C(=O)N[C@H](C)C(=O)NC(=O)NC)C(C)C. The Labute approximate surface area is 287 Å². The zero-order valence-electron chi connectivity index (χ0n) is 31.6. The number of hydrogen-bond acceptors (Lipinski definition) is 7. The van der Waals surface area contributed by atoms with Crippen LogP contribution in [-0.4, -0.2) is 115 Å². The zero-order chi connectivity index (χ0) is 37.5. The van der Waals surface area contributed by atoms with Crippen LogP contribution >= 0.6 is 0 Å². The molecule has 0 aliphatic carbocycles. The molecule has 0 bridgehead atoms. The van der Waals surface area contributed by atoms with Crippen LogP contribution in [0.15, 0.2) is 0 Å². The Bertz CT molecular complexity index is 1110. The molecule has 0 saturated carbocycles. The zero-order valence-corrected chi connectivity index (χ0v) is 31.6. The molecule has 4 N–H and O–H groups in total. The number of rotatable bonds is 19. The van der Waals surface area contributed by atoms with E-state index in [0.717, 1.165) is 0 Å². The normalized spacial score (nSPS) is 14.3. The highest BCUT2D eigenvalue weighted by Crippen LogP contribution is 2.19. The molecule has 5 atom stereocenters. The van der Waals surface area contributed by atoms with Crippen molar-refractivity contribution in [2.45, 2.75) is 131 Å². The molecule has 0 heterocycles. The van der Waals surface area contributed by atoms with Gasteiger partial charge in [-0.1, -0.05) is 61.8 Å². The summed E-state index contributed by atoms with van der Waals surface area (Å²) in [5.74, 6) is -3.17. The summed E-state index contributed by atoms with van der Waals surface area (Å²) in [7, 11) is 6.00. The Morgan fingerprint density at radius 3 is 1.50 bits per heavy atom. The monoisotopic (exact) mass is 681 g/mol. The van der Waals surface area contributed by atoms with Crippen LogP contribution in [0.4, 0.5) is 4.79 Å². The highest BCUT2D eigenvalue weighted by molar-refractivity contribution is 5.99. The Hall–Kier alpha value is -3.71. The fourth-order valence-electron chi connectivity index (χ4n) is 5.28. The fraction of sp³-hybridized carbons (Fsp3) is 0.794. The molecule has 48 heavy (non-hydrogen) atoms. The van der Waals surface area contributed by atoms with E-state index in [-0.39, 0.29) is 36.0 Å². The van der Waals surface area contributed by atoms with Gasteiger partial charge in [-0.05, 0) is 50.4 Å². The Kier molecular flexibility index (Phi) is 19.7. The number of carbonyl (C=O) groups is 7. The van der Waals surface area contributed by atoms with Crippen molar-refractivity contribution in [3.63, 3.8) is 0 Å². The predicted molar refractivity (Wildman–Crippen MR) is 185 cm³/mol. The minimum atomic E-state index is -1.06. The average Bonchev–Trinajstić information content (AvgIpc) is 3.01. The second kappa shape index (κ2) is 21.3. The van der Waals surface area contributed by atoms with E-state index >= 15 is 0 Å². The number of imide groups is 1. The van der Waals surface area contributed by atoms with Gasteiger partial charge in [0.05, 0.1) is 0 Å². The number of carbonyl (C=O) groups excluding carboxylic acids is 7. The molecule has 0 saturated heterocycles. The minimum absolute atomic E-state index is 0.00779. The first kappa shape index (κ1) is 44.3. The molecular weight excluding hydrogens is 618 g/mol. The Morgan fingerprint density at radius 2 is 1.08 bits per heavy atom. The van der Waals surface area contributed by atoms with Gasteiger partial charge >= 0.3 is 6.03 Å². The number of amides is 8. The van der Waals surface area contributed by atoms with E-state index in [1.165, 1.54) is 35.7 Å². The first-order chi connectivity index (χ1) is 22.2. The van der Waals surface area contributed by atoms with Crippen LogP contribution < -0.4 is 21.3 Å². The Morgan fingerprint density at radius 1 is 0.604 bits per heavy atom. The molecular formula is C34H63N7O7. The Balaban J connectivity index is 6.28. The van der Waals surface area contributed by atoms with Crippen molar-refractivity contribution in [1.29, 1.82) is 0 Å². The molecule has 276 valence electrons. The van der Waals surface area contributed by atoms with Gasteiger partial charge in [0.15, 0.2) is 0 Å². The molecule has 0 aliphatic rings. The van der Waals surface area contributed by atoms with Gasteiger partial charge in [-0.3, -0.25) is 34.1 Å².